The molecule has 1 aliphatic rings. The third-order valence-corrected chi connectivity index (χ3v) is 3.30. The summed E-state index contributed by atoms with van der Waals surface area (Å²) in [5.41, 5.74) is 1.14. The van der Waals surface area contributed by atoms with Crippen LogP contribution in [0.25, 0.3) is 0 Å². The molecule has 4 nitrogen and oxygen atoms in total. The summed E-state index contributed by atoms with van der Waals surface area (Å²) in [6.45, 7) is 4.43. The molecule has 0 radical (unpaired) electrons. The molecule has 0 atom stereocenters. The van der Waals surface area contributed by atoms with Crippen molar-refractivity contribution in [1.82, 2.24) is 10.2 Å². The summed E-state index contributed by atoms with van der Waals surface area (Å²) < 4.78 is 5.91. The first-order valence-electron chi connectivity index (χ1n) is 7.37. The Bertz CT molecular complexity index is 453. The van der Waals surface area contributed by atoms with Crippen molar-refractivity contribution in [2.75, 3.05) is 27.2 Å². The maximum atomic E-state index is 5.91. The summed E-state index contributed by atoms with van der Waals surface area (Å²) in [7, 11) is 3.99. The molecule has 0 bridgehead atoms. The molecule has 0 amide bonds. The number of ether oxygens (including phenoxy) is 1. The van der Waals surface area contributed by atoms with Crippen molar-refractivity contribution in [2.45, 2.75) is 26.3 Å². The minimum Gasteiger partial charge on any atom is -0.493 e. The number of aliphatic imine (C=N–C) groups is 1. The zero-order valence-corrected chi connectivity index (χ0v) is 12.7. The predicted molar refractivity (Wildman–Crippen MR) is 83.2 cm³/mol. The van der Waals surface area contributed by atoms with Crippen LogP contribution >= 0.6 is 0 Å². The van der Waals surface area contributed by atoms with Crippen LogP contribution in [0.2, 0.25) is 0 Å². The second-order valence-electron chi connectivity index (χ2n) is 5.43. The number of hydrogen-bond acceptors (Lipinski definition) is 2. The zero-order valence-electron chi connectivity index (χ0n) is 12.7. The number of rotatable bonds is 6. The molecule has 110 valence electrons. The van der Waals surface area contributed by atoms with E-state index in [4.69, 9.17) is 4.74 Å². The molecule has 0 spiro atoms. The maximum Gasteiger partial charge on any atom is 0.193 e. The lowest BCUT2D eigenvalue weighted by Gasteiger charge is -2.17. The lowest BCUT2D eigenvalue weighted by atomic mass is 10.2. The van der Waals surface area contributed by atoms with Crippen LogP contribution < -0.4 is 10.1 Å². The fourth-order valence-electron chi connectivity index (χ4n) is 1.94. The average molecular weight is 275 g/mol. The topological polar surface area (TPSA) is 36.9 Å². The minimum absolute atomic E-state index is 0.640. The Labute approximate surface area is 121 Å². The molecule has 20 heavy (non-hydrogen) atoms. The van der Waals surface area contributed by atoms with E-state index in [9.17, 15) is 0 Å². The molecule has 1 saturated carbocycles. The highest BCUT2D eigenvalue weighted by atomic mass is 16.5. The second-order valence-corrected chi connectivity index (χ2v) is 5.43. The van der Waals surface area contributed by atoms with Gasteiger partial charge in [-0.1, -0.05) is 18.2 Å². The van der Waals surface area contributed by atoms with Gasteiger partial charge in [-0.2, -0.15) is 0 Å². The van der Waals surface area contributed by atoms with Crippen molar-refractivity contribution < 1.29 is 4.74 Å². The van der Waals surface area contributed by atoms with E-state index in [1.807, 2.05) is 37.2 Å². The Morgan fingerprint density at radius 2 is 2.10 bits per heavy atom. The molecule has 1 aromatic carbocycles. The maximum absolute atomic E-state index is 5.91. The summed E-state index contributed by atoms with van der Waals surface area (Å²) in [5.74, 6) is 2.65. The lowest BCUT2D eigenvalue weighted by Crippen LogP contribution is -2.36. The molecule has 0 saturated heterocycles. The van der Waals surface area contributed by atoms with Crippen LogP contribution in [0.3, 0.4) is 0 Å². The number of benzene rings is 1. The van der Waals surface area contributed by atoms with Crippen LogP contribution in [0.4, 0.5) is 0 Å². The number of para-hydroxylation sites is 1. The van der Waals surface area contributed by atoms with Crippen LogP contribution in [-0.2, 0) is 6.54 Å². The molecule has 0 unspecified atom stereocenters. The van der Waals surface area contributed by atoms with Crippen LogP contribution in [0.15, 0.2) is 29.3 Å². The number of nitrogens with zero attached hydrogens (tertiary/aromatic N) is 2. The van der Waals surface area contributed by atoms with Gasteiger partial charge in [0.05, 0.1) is 13.2 Å². The highest BCUT2D eigenvalue weighted by Crippen LogP contribution is 2.30. The molecule has 0 heterocycles. The van der Waals surface area contributed by atoms with Crippen LogP contribution in [0, 0.1) is 5.92 Å². The molecule has 2 rings (SSSR count). The fraction of sp³-hybridized carbons (Fsp3) is 0.562. The Morgan fingerprint density at radius 1 is 1.35 bits per heavy atom. The standard InChI is InChI=1S/C16H25N3O/c1-4-17-16(19(2)3)18-11-14-7-5-6-8-15(14)20-12-13-9-10-13/h5-8,13H,4,9-12H2,1-3H3,(H,17,18). The van der Waals surface area contributed by atoms with Gasteiger partial charge in [0.2, 0.25) is 0 Å². The first-order valence-corrected chi connectivity index (χ1v) is 7.37. The fourth-order valence-corrected chi connectivity index (χ4v) is 1.94. The summed E-state index contributed by atoms with van der Waals surface area (Å²) >= 11 is 0. The van der Waals surface area contributed by atoms with Gasteiger partial charge < -0.3 is 15.0 Å². The van der Waals surface area contributed by atoms with E-state index in [1.165, 1.54) is 12.8 Å². The summed E-state index contributed by atoms with van der Waals surface area (Å²) in [4.78, 5) is 6.64. The minimum atomic E-state index is 0.640. The number of hydrogen-bond donors (Lipinski definition) is 1. The van der Waals surface area contributed by atoms with E-state index in [1.54, 1.807) is 0 Å². The highest BCUT2D eigenvalue weighted by molar-refractivity contribution is 5.79. The van der Waals surface area contributed by atoms with Gasteiger partial charge >= 0.3 is 0 Å². The third-order valence-electron chi connectivity index (χ3n) is 3.30. The van der Waals surface area contributed by atoms with Gasteiger partial charge in [-0.05, 0) is 31.7 Å². The van der Waals surface area contributed by atoms with Crippen molar-refractivity contribution in [3.05, 3.63) is 29.8 Å². The molecule has 1 fully saturated rings. The predicted octanol–water partition coefficient (Wildman–Crippen LogP) is 2.50. The van der Waals surface area contributed by atoms with Gasteiger partial charge in [-0.3, -0.25) is 0 Å². The Balaban J connectivity index is 2.01. The largest absolute Gasteiger partial charge is 0.493 e. The summed E-state index contributed by atoms with van der Waals surface area (Å²) in [6, 6.07) is 8.19. The first kappa shape index (κ1) is 14.7. The highest BCUT2D eigenvalue weighted by Gasteiger charge is 2.22. The average Bonchev–Trinajstić information content (AvgIpc) is 3.26. The monoisotopic (exact) mass is 275 g/mol. The quantitative estimate of drug-likeness (QED) is 0.640. The van der Waals surface area contributed by atoms with E-state index in [-0.39, 0.29) is 0 Å². The van der Waals surface area contributed by atoms with Gasteiger partial charge in [0.15, 0.2) is 5.96 Å². The zero-order chi connectivity index (χ0) is 14.4. The van der Waals surface area contributed by atoms with E-state index < -0.39 is 0 Å². The third kappa shape index (κ3) is 4.44. The van der Waals surface area contributed by atoms with Crippen molar-refractivity contribution in [2.24, 2.45) is 10.9 Å². The SMILES string of the molecule is CCNC(=NCc1ccccc1OCC1CC1)N(C)C. The Kier molecular flexibility index (Phi) is 5.27. The molecule has 0 aromatic heterocycles. The Morgan fingerprint density at radius 3 is 2.75 bits per heavy atom. The lowest BCUT2D eigenvalue weighted by molar-refractivity contribution is 0.297. The number of guanidine groups is 1. The van der Waals surface area contributed by atoms with Gasteiger partial charge in [-0.15, -0.1) is 0 Å². The van der Waals surface area contributed by atoms with Crippen LogP contribution in [-0.4, -0.2) is 38.1 Å². The van der Waals surface area contributed by atoms with Gasteiger partial charge in [-0.25, -0.2) is 4.99 Å². The van der Waals surface area contributed by atoms with Crippen molar-refractivity contribution in [3.63, 3.8) is 0 Å². The number of nitrogens with one attached hydrogen (secondary N) is 1. The van der Waals surface area contributed by atoms with E-state index in [2.05, 4.69) is 23.3 Å². The molecule has 0 aliphatic heterocycles. The molecule has 4 heteroatoms. The van der Waals surface area contributed by atoms with Gasteiger partial charge in [0, 0.05) is 26.2 Å². The van der Waals surface area contributed by atoms with E-state index >= 15 is 0 Å². The van der Waals surface area contributed by atoms with Crippen LogP contribution in [0.1, 0.15) is 25.3 Å². The van der Waals surface area contributed by atoms with E-state index in [0.29, 0.717) is 6.54 Å². The van der Waals surface area contributed by atoms with Crippen molar-refractivity contribution >= 4 is 5.96 Å². The molecular weight excluding hydrogens is 250 g/mol. The summed E-state index contributed by atoms with van der Waals surface area (Å²) in [6.07, 6.45) is 2.62. The first-order chi connectivity index (χ1) is 9.70. The van der Waals surface area contributed by atoms with Crippen molar-refractivity contribution in [3.8, 4) is 5.75 Å². The summed E-state index contributed by atoms with van der Waals surface area (Å²) in [5, 5.41) is 3.27. The normalized spacial score (nSPS) is 15.1. The van der Waals surface area contributed by atoms with Gasteiger partial charge in [0.1, 0.15) is 5.75 Å². The molecule has 1 aromatic rings. The smallest absolute Gasteiger partial charge is 0.193 e. The van der Waals surface area contributed by atoms with Crippen LogP contribution in [0.5, 0.6) is 5.75 Å². The molecule has 1 aliphatic carbocycles. The molecule has 1 N–H and O–H groups in total. The second kappa shape index (κ2) is 7.17. The Hall–Kier alpha value is -1.71. The van der Waals surface area contributed by atoms with Gasteiger partial charge in [0.25, 0.3) is 0 Å². The molecular formula is C16H25N3O. The van der Waals surface area contributed by atoms with E-state index in [0.717, 1.165) is 36.3 Å². The van der Waals surface area contributed by atoms with Crippen molar-refractivity contribution in [1.29, 1.82) is 0 Å².